The molecule has 0 saturated carbocycles. The Kier molecular flexibility index (Phi) is 5.64. The van der Waals surface area contributed by atoms with E-state index in [9.17, 15) is 9.59 Å². The lowest BCUT2D eigenvalue weighted by molar-refractivity contribution is -0.130. The molecule has 2 aliphatic heterocycles. The van der Waals surface area contributed by atoms with Crippen LogP contribution in [0.1, 0.15) is 30.3 Å². The maximum Gasteiger partial charge on any atom is 0.272 e. The zero-order chi connectivity index (χ0) is 20.2. The van der Waals surface area contributed by atoms with Gasteiger partial charge in [0.05, 0.1) is 0 Å². The largest absolute Gasteiger partial charge is 0.372 e. The van der Waals surface area contributed by atoms with Crippen LogP contribution in [0.4, 0.5) is 17.1 Å². The minimum absolute atomic E-state index is 0.0529. The van der Waals surface area contributed by atoms with Crippen LogP contribution in [0.25, 0.3) is 0 Å². The highest BCUT2D eigenvalue weighted by molar-refractivity contribution is 5.93. The van der Waals surface area contributed by atoms with Gasteiger partial charge in [0, 0.05) is 69.5 Å². The van der Waals surface area contributed by atoms with Crippen molar-refractivity contribution in [1.29, 1.82) is 0 Å². The molecule has 0 unspecified atom stereocenters. The van der Waals surface area contributed by atoms with E-state index < -0.39 is 0 Å². The van der Waals surface area contributed by atoms with E-state index in [0.717, 1.165) is 24.5 Å². The van der Waals surface area contributed by atoms with Crippen molar-refractivity contribution >= 4 is 28.9 Å². The maximum atomic E-state index is 12.8. The van der Waals surface area contributed by atoms with Gasteiger partial charge in [-0.2, -0.15) is 0 Å². The molecule has 29 heavy (non-hydrogen) atoms. The van der Waals surface area contributed by atoms with Crippen LogP contribution in [0, 0.1) is 0 Å². The smallest absolute Gasteiger partial charge is 0.272 e. The van der Waals surface area contributed by atoms with E-state index in [2.05, 4.69) is 39.5 Å². The predicted molar refractivity (Wildman–Crippen MR) is 114 cm³/mol. The molecular formula is C22H27N5O2. The third-order valence-electron chi connectivity index (χ3n) is 5.62. The second kappa shape index (κ2) is 8.51. The summed E-state index contributed by atoms with van der Waals surface area (Å²) in [4.78, 5) is 34.4. The molecule has 0 aliphatic carbocycles. The lowest BCUT2D eigenvalue weighted by Gasteiger charge is -2.34. The second-order valence-corrected chi connectivity index (χ2v) is 7.59. The summed E-state index contributed by atoms with van der Waals surface area (Å²) in [5.74, 6) is -0.0431. The highest BCUT2D eigenvalue weighted by Crippen LogP contribution is 2.24. The van der Waals surface area contributed by atoms with Crippen molar-refractivity contribution in [3.63, 3.8) is 0 Å². The predicted octanol–water partition coefficient (Wildman–Crippen LogP) is 2.73. The summed E-state index contributed by atoms with van der Waals surface area (Å²) >= 11 is 0. The third kappa shape index (κ3) is 4.50. The number of pyridine rings is 1. The molecule has 152 valence electrons. The van der Waals surface area contributed by atoms with Crippen LogP contribution < -0.4 is 10.2 Å². The van der Waals surface area contributed by atoms with Gasteiger partial charge >= 0.3 is 0 Å². The Bertz CT molecular complexity index is 869. The van der Waals surface area contributed by atoms with Crippen LogP contribution >= 0.6 is 0 Å². The van der Waals surface area contributed by atoms with Gasteiger partial charge in [-0.25, -0.2) is 0 Å². The van der Waals surface area contributed by atoms with E-state index in [1.54, 1.807) is 29.0 Å². The highest BCUT2D eigenvalue weighted by atomic mass is 16.2. The van der Waals surface area contributed by atoms with Gasteiger partial charge in [-0.1, -0.05) is 0 Å². The number of nitrogens with one attached hydrogen (secondary N) is 1. The van der Waals surface area contributed by atoms with Gasteiger partial charge in [0.15, 0.2) is 0 Å². The first-order valence-electron chi connectivity index (χ1n) is 10.2. The topological polar surface area (TPSA) is 68.8 Å². The Labute approximate surface area is 171 Å². The molecule has 1 aromatic carbocycles. The molecule has 4 rings (SSSR count). The maximum absolute atomic E-state index is 12.8. The van der Waals surface area contributed by atoms with Gasteiger partial charge < -0.3 is 20.0 Å². The molecule has 2 saturated heterocycles. The summed E-state index contributed by atoms with van der Waals surface area (Å²) < 4.78 is 0. The summed E-state index contributed by atoms with van der Waals surface area (Å²) in [6.07, 6.45) is 4.18. The highest BCUT2D eigenvalue weighted by Gasteiger charge is 2.24. The molecule has 1 N–H and O–H groups in total. The number of carbonyl (C=O) groups is 2. The Morgan fingerprint density at radius 1 is 0.862 bits per heavy atom. The van der Waals surface area contributed by atoms with Crippen molar-refractivity contribution in [2.75, 3.05) is 49.5 Å². The van der Waals surface area contributed by atoms with Gasteiger partial charge in [-0.3, -0.25) is 14.6 Å². The van der Waals surface area contributed by atoms with E-state index in [1.165, 1.54) is 18.5 Å². The zero-order valence-corrected chi connectivity index (χ0v) is 16.8. The van der Waals surface area contributed by atoms with Gasteiger partial charge in [-0.15, -0.1) is 0 Å². The monoisotopic (exact) mass is 393 g/mol. The lowest BCUT2D eigenvalue weighted by atomic mass is 10.2. The fourth-order valence-electron chi connectivity index (χ4n) is 3.91. The standard InChI is InChI=1S/C22H27N5O2/c1-17(28)25-12-14-27(15-13-25)22(29)21-16-19(8-9-23-21)24-18-4-6-20(7-5-18)26-10-2-3-11-26/h4-9,16H,2-3,10-15H2,1H3,(H,23,24). The molecule has 0 radical (unpaired) electrons. The lowest BCUT2D eigenvalue weighted by Crippen LogP contribution is -2.50. The zero-order valence-electron chi connectivity index (χ0n) is 16.8. The van der Waals surface area contributed by atoms with Gasteiger partial charge in [0.25, 0.3) is 5.91 Å². The van der Waals surface area contributed by atoms with Crippen LogP contribution in [0.3, 0.4) is 0 Å². The minimum atomic E-state index is -0.0961. The first kappa shape index (κ1) is 19.2. The van der Waals surface area contributed by atoms with Crippen LogP contribution in [0.5, 0.6) is 0 Å². The van der Waals surface area contributed by atoms with Crippen molar-refractivity contribution in [1.82, 2.24) is 14.8 Å². The number of anilines is 3. The summed E-state index contributed by atoms with van der Waals surface area (Å²) in [6.45, 7) is 6.04. The van der Waals surface area contributed by atoms with Crippen molar-refractivity contribution < 1.29 is 9.59 Å². The number of piperazine rings is 1. The van der Waals surface area contributed by atoms with Gasteiger partial charge in [0.2, 0.25) is 5.91 Å². The average molecular weight is 393 g/mol. The van der Waals surface area contributed by atoms with Gasteiger partial charge in [0.1, 0.15) is 5.69 Å². The molecular weight excluding hydrogens is 366 g/mol. The molecule has 2 amide bonds. The Morgan fingerprint density at radius 3 is 2.17 bits per heavy atom. The number of nitrogens with zero attached hydrogens (tertiary/aromatic N) is 4. The fourth-order valence-corrected chi connectivity index (χ4v) is 3.91. The number of hydrogen-bond donors (Lipinski definition) is 1. The van der Waals surface area contributed by atoms with Crippen molar-refractivity contribution in [2.24, 2.45) is 0 Å². The number of amides is 2. The Balaban J connectivity index is 1.39. The minimum Gasteiger partial charge on any atom is -0.372 e. The van der Waals surface area contributed by atoms with Crippen LogP contribution in [-0.4, -0.2) is 65.9 Å². The second-order valence-electron chi connectivity index (χ2n) is 7.59. The summed E-state index contributed by atoms with van der Waals surface area (Å²) in [5, 5.41) is 3.36. The third-order valence-corrected chi connectivity index (χ3v) is 5.62. The van der Waals surface area contributed by atoms with Crippen LogP contribution in [-0.2, 0) is 4.79 Å². The normalized spacial score (nSPS) is 16.8. The van der Waals surface area contributed by atoms with E-state index in [1.807, 2.05) is 6.07 Å². The molecule has 0 spiro atoms. The van der Waals surface area contributed by atoms with Crippen LogP contribution in [0.2, 0.25) is 0 Å². The molecule has 1 aromatic heterocycles. The summed E-state index contributed by atoms with van der Waals surface area (Å²) in [5.41, 5.74) is 3.48. The number of rotatable bonds is 4. The number of carbonyl (C=O) groups excluding carboxylic acids is 2. The number of aromatic nitrogens is 1. The quantitative estimate of drug-likeness (QED) is 0.865. The summed E-state index contributed by atoms with van der Waals surface area (Å²) in [7, 11) is 0. The molecule has 2 aliphatic rings. The molecule has 0 bridgehead atoms. The van der Waals surface area contributed by atoms with Crippen molar-refractivity contribution in [3.8, 4) is 0 Å². The van der Waals surface area contributed by atoms with Crippen molar-refractivity contribution in [3.05, 3.63) is 48.3 Å². The Hall–Kier alpha value is -3.09. The Morgan fingerprint density at radius 2 is 1.52 bits per heavy atom. The van der Waals surface area contributed by atoms with E-state index in [-0.39, 0.29) is 11.8 Å². The molecule has 7 nitrogen and oxygen atoms in total. The molecule has 2 aromatic rings. The number of benzene rings is 1. The van der Waals surface area contributed by atoms with Crippen molar-refractivity contribution in [2.45, 2.75) is 19.8 Å². The van der Waals surface area contributed by atoms with Crippen LogP contribution in [0.15, 0.2) is 42.6 Å². The van der Waals surface area contributed by atoms with E-state index in [0.29, 0.717) is 31.9 Å². The first-order valence-corrected chi connectivity index (χ1v) is 10.2. The number of hydrogen-bond acceptors (Lipinski definition) is 5. The average Bonchev–Trinajstić information content (AvgIpc) is 3.29. The fraction of sp³-hybridized carbons (Fsp3) is 0.409. The molecule has 3 heterocycles. The first-order chi connectivity index (χ1) is 14.1. The SMILES string of the molecule is CC(=O)N1CCN(C(=O)c2cc(Nc3ccc(N4CCCC4)cc3)ccn2)CC1. The van der Waals surface area contributed by atoms with Gasteiger partial charge in [-0.05, 0) is 49.2 Å². The van der Waals surface area contributed by atoms with E-state index >= 15 is 0 Å². The molecule has 2 fully saturated rings. The molecule has 7 heteroatoms. The summed E-state index contributed by atoms with van der Waals surface area (Å²) in [6, 6.07) is 12.0. The molecule has 0 atom stereocenters. The van der Waals surface area contributed by atoms with E-state index in [4.69, 9.17) is 0 Å².